The first kappa shape index (κ1) is 25.5. The molecular weight excluding hydrogens is 458 g/mol. The van der Waals surface area contributed by atoms with Gasteiger partial charge in [-0.2, -0.15) is 0 Å². The molecule has 0 unspecified atom stereocenters. The zero-order valence-corrected chi connectivity index (χ0v) is 21.2. The van der Waals surface area contributed by atoms with E-state index in [4.69, 9.17) is 11.6 Å². The summed E-state index contributed by atoms with van der Waals surface area (Å²) in [6, 6.07) is 13.3. The molecule has 0 fully saturated rings. The Labute approximate surface area is 202 Å². The van der Waals surface area contributed by atoms with E-state index in [1.54, 1.807) is 18.5 Å². The Balaban J connectivity index is 1.60. The second-order valence-corrected chi connectivity index (χ2v) is 10.5. The first-order valence-electron chi connectivity index (χ1n) is 11.5. The fourth-order valence-corrected chi connectivity index (χ4v) is 5.35. The van der Waals surface area contributed by atoms with Crippen LogP contribution in [0.15, 0.2) is 53.7 Å². The van der Waals surface area contributed by atoms with E-state index in [0.29, 0.717) is 42.8 Å². The first-order valence-corrected chi connectivity index (χ1v) is 13.3. The highest BCUT2D eigenvalue weighted by molar-refractivity contribution is 7.89. The van der Waals surface area contributed by atoms with E-state index in [9.17, 15) is 8.42 Å². The summed E-state index contributed by atoms with van der Waals surface area (Å²) < 4.78 is 30.8. The molecular formula is C24H34ClN5O2S. The third kappa shape index (κ3) is 6.93. The van der Waals surface area contributed by atoms with Gasteiger partial charge in [-0.15, -0.1) is 0 Å². The lowest BCUT2D eigenvalue weighted by Gasteiger charge is -2.26. The molecule has 2 aromatic carbocycles. The summed E-state index contributed by atoms with van der Waals surface area (Å²) >= 11 is 6.14. The minimum Gasteiger partial charge on any atom is -0.383 e. The number of benzene rings is 2. The normalized spacial score (nSPS) is 12.2. The van der Waals surface area contributed by atoms with Crippen molar-refractivity contribution in [3.8, 4) is 0 Å². The summed E-state index contributed by atoms with van der Waals surface area (Å²) in [4.78, 5) is 6.92. The number of hydrogen-bond acceptors (Lipinski definition) is 5. The van der Waals surface area contributed by atoms with Gasteiger partial charge in [0.05, 0.1) is 23.0 Å². The fourth-order valence-electron chi connectivity index (χ4n) is 3.84. The summed E-state index contributed by atoms with van der Waals surface area (Å²) in [5.74, 6) is 0. The number of anilines is 1. The van der Waals surface area contributed by atoms with Crippen LogP contribution in [0, 0.1) is 0 Å². The van der Waals surface area contributed by atoms with Crippen molar-refractivity contribution in [2.24, 2.45) is 0 Å². The summed E-state index contributed by atoms with van der Waals surface area (Å²) in [6.45, 7) is 9.99. The van der Waals surface area contributed by atoms with Crippen LogP contribution >= 0.6 is 11.6 Å². The molecule has 0 radical (unpaired) electrons. The highest BCUT2D eigenvalue weighted by Gasteiger charge is 2.19. The topological polar surface area (TPSA) is 79.3 Å². The molecule has 0 atom stereocenters. The van der Waals surface area contributed by atoms with Crippen LogP contribution in [-0.4, -0.2) is 55.1 Å². The largest absolute Gasteiger partial charge is 0.383 e. The molecule has 33 heavy (non-hydrogen) atoms. The zero-order valence-electron chi connectivity index (χ0n) is 19.6. The minimum atomic E-state index is -3.71. The van der Waals surface area contributed by atoms with E-state index >= 15 is 0 Å². The Kier molecular flexibility index (Phi) is 9.14. The number of nitrogens with one attached hydrogen (secondary N) is 2. The van der Waals surface area contributed by atoms with E-state index in [2.05, 4.69) is 40.7 Å². The average molecular weight is 492 g/mol. The number of fused-ring (bicyclic) bond motifs is 1. The minimum absolute atomic E-state index is 0.176. The van der Waals surface area contributed by atoms with Crippen molar-refractivity contribution in [1.29, 1.82) is 0 Å². The number of rotatable bonds is 13. The Morgan fingerprint density at radius 3 is 2.67 bits per heavy atom. The van der Waals surface area contributed by atoms with Gasteiger partial charge >= 0.3 is 0 Å². The van der Waals surface area contributed by atoms with Gasteiger partial charge in [-0.1, -0.05) is 30.7 Å². The van der Waals surface area contributed by atoms with Gasteiger partial charge in [0.25, 0.3) is 0 Å². The molecule has 0 aliphatic heterocycles. The Morgan fingerprint density at radius 2 is 1.91 bits per heavy atom. The predicted molar refractivity (Wildman–Crippen MR) is 136 cm³/mol. The molecule has 0 amide bonds. The predicted octanol–water partition coefficient (Wildman–Crippen LogP) is 4.59. The lowest BCUT2D eigenvalue weighted by Crippen LogP contribution is -2.35. The standard InChI is InChI=1S/C24H34ClN5O2S/c1-4-14-29(19(2)3)16-13-26-22-11-10-20(25)17-24(22)33(31,32)28-12-7-15-30-18-27-21-8-5-6-9-23(21)30/h5-6,8-11,17-19,26,28H,4,7,12-16H2,1-3H3. The highest BCUT2D eigenvalue weighted by Crippen LogP contribution is 2.25. The second kappa shape index (κ2) is 11.8. The van der Waals surface area contributed by atoms with Crippen LogP contribution in [0.2, 0.25) is 5.02 Å². The number of para-hydroxylation sites is 2. The van der Waals surface area contributed by atoms with Crippen LogP contribution in [0.3, 0.4) is 0 Å². The van der Waals surface area contributed by atoms with Crippen LogP contribution in [0.1, 0.15) is 33.6 Å². The van der Waals surface area contributed by atoms with Gasteiger partial charge in [0.15, 0.2) is 0 Å². The summed E-state index contributed by atoms with van der Waals surface area (Å²) in [5, 5.41) is 3.68. The van der Waals surface area contributed by atoms with Gasteiger partial charge in [-0.05, 0) is 63.6 Å². The summed E-state index contributed by atoms with van der Waals surface area (Å²) in [6.07, 6.45) is 3.51. The zero-order chi connectivity index (χ0) is 23.8. The van der Waals surface area contributed by atoms with Crippen molar-refractivity contribution in [1.82, 2.24) is 19.2 Å². The molecule has 0 aliphatic carbocycles. The maximum absolute atomic E-state index is 13.0. The SMILES string of the molecule is CCCN(CCNc1ccc(Cl)cc1S(=O)(=O)NCCCn1cnc2ccccc21)C(C)C. The maximum atomic E-state index is 13.0. The van der Waals surface area contributed by atoms with Gasteiger partial charge in [0.2, 0.25) is 10.0 Å². The van der Waals surface area contributed by atoms with Gasteiger partial charge in [-0.3, -0.25) is 4.90 Å². The molecule has 2 N–H and O–H groups in total. The van der Waals surface area contributed by atoms with Crippen LogP contribution < -0.4 is 10.0 Å². The Bertz CT molecular complexity index is 1150. The van der Waals surface area contributed by atoms with Crippen molar-refractivity contribution in [2.75, 3.05) is 31.5 Å². The number of imidazole rings is 1. The maximum Gasteiger partial charge on any atom is 0.242 e. The molecule has 1 heterocycles. The third-order valence-corrected chi connectivity index (χ3v) is 7.32. The van der Waals surface area contributed by atoms with Crippen molar-refractivity contribution in [3.63, 3.8) is 0 Å². The van der Waals surface area contributed by atoms with E-state index in [-0.39, 0.29) is 4.90 Å². The average Bonchev–Trinajstić information content (AvgIpc) is 3.20. The monoisotopic (exact) mass is 491 g/mol. The van der Waals surface area contributed by atoms with Gasteiger partial charge in [-0.25, -0.2) is 18.1 Å². The fraction of sp³-hybridized carbons (Fsp3) is 0.458. The number of aromatic nitrogens is 2. The molecule has 3 rings (SSSR count). The summed E-state index contributed by atoms with van der Waals surface area (Å²) in [7, 11) is -3.71. The highest BCUT2D eigenvalue weighted by atomic mass is 35.5. The number of halogens is 1. The number of sulfonamides is 1. The molecule has 0 saturated heterocycles. The van der Waals surface area contributed by atoms with Crippen LogP contribution in [0.5, 0.6) is 0 Å². The van der Waals surface area contributed by atoms with Crippen molar-refractivity contribution < 1.29 is 8.42 Å². The molecule has 0 spiro atoms. The lowest BCUT2D eigenvalue weighted by atomic mass is 10.3. The molecule has 0 saturated carbocycles. The van der Waals surface area contributed by atoms with E-state index in [0.717, 1.165) is 30.5 Å². The first-order chi connectivity index (χ1) is 15.8. The second-order valence-electron chi connectivity index (χ2n) is 8.37. The summed E-state index contributed by atoms with van der Waals surface area (Å²) in [5.41, 5.74) is 2.54. The van der Waals surface area contributed by atoms with Gasteiger partial charge in [0.1, 0.15) is 4.90 Å². The van der Waals surface area contributed by atoms with Crippen molar-refractivity contribution in [2.45, 2.75) is 51.1 Å². The number of hydrogen-bond donors (Lipinski definition) is 2. The van der Waals surface area contributed by atoms with Gasteiger partial charge in [0, 0.05) is 37.2 Å². The molecule has 1 aromatic heterocycles. The number of nitrogens with zero attached hydrogens (tertiary/aromatic N) is 3. The molecule has 9 heteroatoms. The van der Waals surface area contributed by atoms with Crippen molar-refractivity contribution >= 4 is 38.3 Å². The smallest absolute Gasteiger partial charge is 0.242 e. The lowest BCUT2D eigenvalue weighted by molar-refractivity contribution is 0.231. The van der Waals surface area contributed by atoms with Gasteiger partial charge < -0.3 is 9.88 Å². The van der Waals surface area contributed by atoms with E-state index < -0.39 is 10.0 Å². The van der Waals surface area contributed by atoms with E-state index in [1.165, 1.54) is 6.07 Å². The van der Waals surface area contributed by atoms with E-state index in [1.807, 2.05) is 28.8 Å². The Hall–Kier alpha value is -2.13. The van der Waals surface area contributed by atoms with Crippen LogP contribution in [-0.2, 0) is 16.6 Å². The molecule has 0 aliphatic rings. The van der Waals surface area contributed by atoms with Crippen LogP contribution in [0.4, 0.5) is 5.69 Å². The number of aryl methyl sites for hydroxylation is 1. The molecule has 3 aromatic rings. The molecule has 7 nitrogen and oxygen atoms in total. The van der Waals surface area contributed by atoms with Crippen molar-refractivity contribution in [3.05, 3.63) is 53.8 Å². The third-order valence-electron chi connectivity index (χ3n) is 5.58. The molecule has 180 valence electrons. The Morgan fingerprint density at radius 1 is 1.12 bits per heavy atom. The molecule has 0 bridgehead atoms. The quantitative estimate of drug-likeness (QED) is 0.342. The van der Waals surface area contributed by atoms with Crippen LogP contribution in [0.25, 0.3) is 11.0 Å².